The molecule has 1 fully saturated rings. The van der Waals surface area contributed by atoms with Crippen LogP contribution in [0.5, 0.6) is 11.5 Å². The summed E-state index contributed by atoms with van der Waals surface area (Å²) in [4.78, 5) is 24.1. The maximum Gasteiger partial charge on any atom is 0.338 e. The van der Waals surface area contributed by atoms with Gasteiger partial charge in [-0.3, -0.25) is 4.79 Å². The first kappa shape index (κ1) is 20.1. The van der Waals surface area contributed by atoms with Gasteiger partial charge in [0.15, 0.2) is 18.1 Å². The lowest BCUT2D eigenvalue weighted by Crippen LogP contribution is -2.35. The van der Waals surface area contributed by atoms with Crippen LogP contribution in [0.4, 0.5) is 0 Å². The monoisotopic (exact) mass is 363 g/mol. The van der Waals surface area contributed by atoms with Crippen molar-refractivity contribution in [2.24, 2.45) is 0 Å². The molecule has 0 unspecified atom stereocenters. The fourth-order valence-electron chi connectivity index (χ4n) is 2.85. The fraction of sp³-hybridized carbons (Fsp3) is 0.600. The van der Waals surface area contributed by atoms with E-state index in [0.29, 0.717) is 30.3 Å². The van der Waals surface area contributed by atoms with Crippen molar-refractivity contribution < 1.29 is 23.8 Å². The summed E-state index contributed by atoms with van der Waals surface area (Å²) in [5.41, 5.74) is 0.341. The number of carbonyl (C=O) groups excluding carboxylic acids is 2. The van der Waals surface area contributed by atoms with Crippen molar-refractivity contribution in [3.8, 4) is 11.5 Å². The van der Waals surface area contributed by atoms with Crippen molar-refractivity contribution in [1.82, 2.24) is 5.32 Å². The van der Waals surface area contributed by atoms with E-state index in [9.17, 15) is 9.59 Å². The highest BCUT2D eigenvalue weighted by Crippen LogP contribution is 2.29. The Morgan fingerprint density at radius 2 is 1.69 bits per heavy atom. The second-order valence-corrected chi connectivity index (χ2v) is 6.48. The highest BCUT2D eigenvalue weighted by Gasteiger charge is 2.19. The van der Waals surface area contributed by atoms with Crippen LogP contribution in [0.2, 0.25) is 0 Å². The van der Waals surface area contributed by atoms with Gasteiger partial charge < -0.3 is 19.5 Å². The van der Waals surface area contributed by atoms with Gasteiger partial charge in [0.2, 0.25) is 0 Å². The molecule has 1 saturated carbocycles. The van der Waals surface area contributed by atoms with Gasteiger partial charge in [-0.1, -0.05) is 26.7 Å². The third-order valence-electron chi connectivity index (χ3n) is 4.16. The zero-order chi connectivity index (χ0) is 18.8. The first-order chi connectivity index (χ1) is 12.6. The van der Waals surface area contributed by atoms with Gasteiger partial charge in [-0.25, -0.2) is 4.79 Å². The summed E-state index contributed by atoms with van der Waals surface area (Å²) in [6.07, 6.45) is 6.00. The number of nitrogens with one attached hydrogen (secondary N) is 1. The molecule has 0 aromatic heterocycles. The zero-order valence-electron chi connectivity index (χ0n) is 15.7. The van der Waals surface area contributed by atoms with Crippen LogP contribution in [0.25, 0.3) is 0 Å². The van der Waals surface area contributed by atoms with Crippen molar-refractivity contribution in [2.75, 3.05) is 19.8 Å². The number of benzene rings is 1. The van der Waals surface area contributed by atoms with E-state index in [0.717, 1.165) is 38.5 Å². The minimum Gasteiger partial charge on any atom is -0.490 e. The van der Waals surface area contributed by atoms with E-state index in [1.165, 1.54) is 0 Å². The first-order valence-corrected chi connectivity index (χ1v) is 9.50. The summed E-state index contributed by atoms with van der Waals surface area (Å²) in [6, 6.07) is 5.15. The largest absolute Gasteiger partial charge is 0.490 e. The van der Waals surface area contributed by atoms with Gasteiger partial charge >= 0.3 is 5.97 Å². The Morgan fingerprint density at radius 3 is 2.35 bits per heavy atom. The maximum atomic E-state index is 12.2. The third-order valence-corrected chi connectivity index (χ3v) is 4.16. The number of hydrogen-bond donors (Lipinski definition) is 1. The lowest BCUT2D eigenvalue weighted by Gasteiger charge is -2.14. The smallest absolute Gasteiger partial charge is 0.338 e. The predicted octanol–water partition coefficient (Wildman–Crippen LogP) is 3.48. The summed E-state index contributed by atoms with van der Waals surface area (Å²) in [7, 11) is 0. The van der Waals surface area contributed by atoms with Gasteiger partial charge in [-0.05, 0) is 43.9 Å². The summed E-state index contributed by atoms with van der Waals surface area (Å²) in [5.74, 6) is 0.326. The van der Waals surface area contributed by atoms with E-state index >= 15 is 0 Å². The molecule has 1 aliphatic rings. The molecular formula is C20H29NO5. The minimum absolute atomic E-state index is 0.213. The van der Waals surface area contributed by atoms with Crippen LogP contribution in [-0.2, 0) is 9.53 Å². The summed E-state index contributed by atoms with van der Waals surface area (Å²) in [6.45, 7) is 4.87. The molecule has 0 radical (unpaired) electrons. The molecule has 0 atom stereocenters. The van der Waals surface area contributed by atoms with E-state index < -0.39 is 5.97 Å². The zero-order valence-corrected chi connectivity index (χ0v) is 15.7. The predicted molar refractivity (Wildman–Crippen MR) is 98.7 cm³/mol. The van der Waals surface area contributed by atoms with Gasteiger partial charge in [-0.15, -0.1) is 0 Å². The number of amides is 1. The Kier molecular flexibility index (Phi) is 8.25. The fourth-order valence-corrected chi connectivity index (χ4v) is 2.85. The number of carbonyl (C=O) groups is 2. The molecule has 1 amide bonds. The molecule has 1 N–H and O–H groups in total. The lowest BCUT2D eigenvalue weighted by molar-refractivity contribution is -0.124. The summed E-state index contributed by atoms with van der Waals surface area (Å²) < 4.78 is 16.5. The van der Waals surface area contributed by atoms with Crippen LogP contribution < -0.4 is 14.8 Å². The third kappa shape index (κ3) is 6.24. The van der Waals surface area contributed by atoms with Crippen LogP contribution in [0.3, 0.4) is 0 Å². The van der Waals surface area contributed by atoms with E-state index in [1.807, 2.05) is 13.8 Å². The molecule has 0 spiro atoms. The van der Waals surface area contributed by atoms with Gasteiger partial charge in [-0.2, -0.15) is 0 Å². The minimum atomic E-state index is -0.546. The highest BCUT2D eigenvalue weighted by atomic mass is 16.5. The Labute approximate surface area is 155 Å². The quantitative estimate of drug-likeness (QED) is 0.644. The average Bonchev–Trinajstić information content (AvgIpc) is 3.15. The highest BCUT2D eigenvalue weighted by molar-refractivity contribution is 5.92. The number of rotatable bonds is 10. The average molecular weight is 363 g/mol. The summed E-state index contributed by atoms with van der Waals surface area (Å²) >= 11 is 0. The normalized spacial score (nSPS) is 14.1. The molecule has 1 aliphatic carbocycles. The van der Waals surface area contributed by atoms with Crippen molar-refractivity contribution in [3.63, 3.8) is 0 Å². The van der Waals surface area contributed by atoms with Crippen molar-refractivity contribution in [3.05, 3.63) is 23.8 Å². The van der Waals surface area contributed by atoms with Crippen LogP contribution in [0.1, 0.15) is 62.7 Å². The topological polar surface area (TPSA) is 73.9 Å². The van der Waals surface area contributed by atoms with E-state index in [1.54, 1.807) is 18.2 Å². The molecule has 144 valence electrons. The summed E-state index contributed by atoms with van der Waals surface area (Å²) in [5, 5.41) is 2.90. The van der Waals surface area contributed by atoms with Gasteiger partial charge in [0, 0.05) is 6.04 Å². The standard InChI is InChI=1S/C20H29NO5/c1-3-11-24-17-10-9-15(13-18(17)25-12-4-2)20(23)26-14-19(22)21-16-7-5-6-8-16/h9-10,13,16H,3-8,11-12,14H2,1-2H3,(H,21,22). The van der Waals surface area contributed by atoms with E-state index in [4.69, 9.17) is 14.2 Å². The first-order valence-electron chi connectivity index (χ1n) is 9.50. The molecular weight excluding hydrogens is 334 g/mol. The molecule has 0 bridgehead atoms. The number of ether oxygens (including phenoxy) is 3. The Morgan fingerprint density at radius 1 is 1.04 bits per heavy atom. The molecule has 0 heterocycles. The van der Waals surface area contributed by atoms with Crippen LogP contribution >= 0.6 is 0 Å². The Bertz CT molecular complexity index is 596. The molecule has 2 rings (SSSR count). The molecule has 26 heavy (non-hydrogen) atoms. The molecule has 0 aliphatic heterocycles. The second kappa shape index (κ2) is 10.7. The van der Waals surface area contributed by atoms with Crippen molar-refractivity contribution in [1.29, 1.82) is 0 Å². The molecule has 1 aromatic carbocycles. The maximum absolute atomic E-state index is 12.2. The van der Waals surface area contributed by atoms with Gasteiger partial charge in [0.1, 0.15) is 0 Å². The van der Waals surface area contributed by atoms with Gasteiger partial charge in [0.05, 0.1) is 18.8 Å². The van der Waals surface area contributed by atoms with Crippen LogP contribution in [0, 0.1) is 0 Å². The van der Waals surface area contributed by atoms with Crippen LogP contribution in [0.15, 0.2) is 18.2 Å². The lowest BCUT2D eigenvalue weighted by atomic mass is 10.2. The van der Waals surface area contributed by atoms with Crippen LogP contribution in [-0.4, -0.2) is 37.7 Å². The molecule has 0 saturated heterocycles. The molecule has 1 aromatic rings. The van der Waals surface area contributed by atoms with Crippen molar-refractivity contribution >= 4 is 11.9 Å². The number of hydrogen-bond acceptors (Lipinski definition) is 5. The number of esters is 1. The van der Waals surface area contributed by atoms with Gasteiger partial charge in [0.25, 0.3) is 5.91 Å². The Hall–Kier alpha value is -2.24. The Balaban J connectivity index is 1.92. The molecule has 6 heteroatoms. The molecule has 6 nitrogen and oxygen atoms in total. The SMILES string of the molecule is CCCOc1ccc(C(=O)OCC(=O)NC2CCCC2)cc1OCCC. The second-order valence-electron chi connectivity index (χ2n) is 6.48. The van der Waals surface area contributed by atoms with E-state index in [2.05, 4.69) is 5.32 Å². The van der Waals surface area contributed by atoms with E-state index in [-0.39, 0.29) is 18.6 Å². The van der Waals surface area contributed by atoms with Crippen molar-refractivity contribution in [2.45, 2.75) is 58.4 Å².